The number of rotatable bonds is 2. The molecule has 7 nitrogen and oxygen atoms in total. The van der Waals surface area contributed by atoms with Crippen molar-refractivity contribution < 1.29 is 27.4 Å². The maximum Gasteiger partial charge on any atom is 0.394 e. The van der Waals surface area contributed by atoms with Crippen molar-refractivity contribution in [1.82, 2.24) is 0 Å². The molecule has 8 heteroatoms. The van der Waals surface area contributed by atoms with Crippen molar-refractivity contribution in [2.75, 3.05) is 0 Å². The van der Waals surface area contributed by atoms with Crippen molar-refractivity contribution in [3.8, 4) is 0 Å². The molecule has 0 amide bonds. The Hall–Kier alpha value is -0.700. The molecule has 0 rings (SSSR count). The predicted octanol–water partition coefficient (Wildman–Crippen LogP) is -0.598. The van der Waals surface area contributed by atoms with E-state index in [1.54, 1.807) is 13.8 Å². The zero-order valence-corrected chi connectivity index (χ0v) is 8.02. The second-order valence-corrected chi connectivity index (χ2v) is 3.45. The van der Waals surface area contributed by atoms with Crippen LogP contribution in [0.3, 0.4) is 0 Å². The summed E-state index contributed by atoms with van der Waals surface area (Å²) in [5.74, 6) is -0.910. The average Bonchev–Trinajstić information content (AvgIpc) is 1.81. The lowest BCUT2D eigenvalue weighted by Gasteiger charge is -2.07. The van der Waals surface area contributed by atoms with Crippen molar-refractivity contribution >= 4 is 16.4 Å². The van der Waals surface area contributed by atoms with Gasteiger partial charge in [-0.25, -0.2) is 0 Å². The third-order valence-corrected chi connectivity index (χ3v) is 1.00. The molecule has 0 unspecified atom stereocenters. The molecule has 0 saturated heterocycles. The Morgan fingerprint density at radius 2 is 1.54 bits per heavy atom. The maximum atomic E-state index is 10.0. The molecule has 80 valence electrons. The molecule has 1 atom stereocenters. The standard InChI is InChI=1S/C5H11NO2.H2O4S/c1-3(2)4(6)5(7)8;1-5(2,3)4/h3-4H,6H2,1-2H3,(H,7,8);(H2,1,2,3,4)/t4-;/m0./s1. The summed E-state index contributed by atoms with van der Waals surface area (Å²) in [6.45, 7) is 3.55. The molecule has 0 bridgehead atoms. The lowest BCUT2D eigenvalue weighted by Crippen LogP contribution is -2.34. The Balaban J connectivity index is 0. The Morgan fingerprint density at radius 3 is 1.54 bits per heavy atom. The van der Waals surface area contributed by atoms with E-state index < -0.39 is 22.4 Å². The highest BCUT2D eigenvalue weighted by molar-refractivity contribution is 7.79. The summed E-state index contributed by atoms with van der Waals surface area (Å²) in [7, 11) is -4.67. The van der Waals surface area contributed by atoms with Crippen LogP contribution in [0.5, 0.6) is 0 Å². The van der Waals surface area contributed by atoms with Crippen molar-refractivity contribution in [3.63, 3.8) is 0 Å². The van der Waals surface area contributed by atoms with Crippen LogP contribution in [0.2, 0.25) is 0 Å². The minimum absolute atomic E-state index is 0.0208. The molecule has 0 aliphatic rings. The summed E-state index contributed by atoms with van der Waals surface area (Å²) in [6.07, 6.45) is 0. The largest absolute Gasteiger partial charge is 0.480 e. The summed E-state index contributed by atoms with van der Waals surface area (Å²) in [6, 6.07) is -0.713. The smallest absolute Gasteiger partial charge is 0.394 e. The second kappa shape index (κ2) is 5.86. The number of carboxylic acid groups (broad SMARTS) is 1. The van der Waals surface area contributed by atoms with Gasteiger partial charge in [0.1, 0.15) is 6.04 Å². The minimum atomic E-state index is -4.67. The topological polar surface area (TPSA) is 138 Å². The highest BCUT2D eigenvalue weighted by Crippen LogP contribution is 1.96. The fraction of sp³-hybridized carbons (Fsp3) is 0.800. The van der Waals surface area contributed by atoms with Crippen molar-refractivity contribution in [3.05, 3.63) is 0 Å². The minimum Gasteiger partial charge on any atom is -0.480 e. The number of hydrogen-bond donors (Lipinski definition) is 4. The molecule has 0 aliphatic carbocycles. The van der Waals surface area contributed by atoms with E-state index in [4.69, 9.17) is 28.4 Å². The van der Waals surface area contributed by atoms with Crippen LogP contribution in [0.25, 0.3) is 0 Å². The molecule has 0 aromatic carbocycles. The zero-order chi connectivity index (χ0) is 11.2. The van der Waals surface area contributed by atoms with Gasteiger partial charge >= 0.3 is 16.4 Å². The summed E-state index contributed by atoms with van der Waals surface area (Å²) in [4.78, 5) is 10.0. The number of aliphatic carboxylic acids is 1. The first-order valence-corrected chi connectivity index (χ1v) is 4.63. The first kappa shape index (κ1) is 14.8. The van der Waals surface area contributed by atoms with Gasteiger partial charge in [-0.1, -0.05) is 13.8 Å². The van der Waals surface area contributed by atoms with Gasteiger partial charge in [0.2, 0.25) is 0 Å². The number of nitrogens with two attached hydrogens (primary N) is 1. The molecule has 5 N–H and O–H groups in total. The third-order valence-electron chi connectivity index (χ3n) is 1.00. The van der Waals surface area contributed by atoms with Crippen LogP contribution >= 0.6 is 0 Å². The third kappa shape index (κ3) is 18.3. The Morgan fingerprint density at radius 1 is 1.31 bits per heavy atom. The quantitative estimate of drug-likeness (QED) is 0.451. The molecular formula is C5H13NO6S. The van der Waals surface area contributed by atoms with E-state index >= 15 is 0 Å². The molecular weight excluding hydrogens is 202 g/mol. The molecule has 0 spiro atoms. The van der Waals surface area contributed by atoms with Gasteiger partial charge in [-0.15, -0.1) is 0 Å². The first-order chi connectivity index (χ1) is 5.55. The van der Waals surface area contributed by atoms with E-state index in [1.807, 2.05) is 0 Å². The van der Waals surface area contributed by atoms with E-state index in [-0.39, 0.29) is 5.92 Å². The highest BCUT2D eigenvalue weighted by Gasteiger charge is 2.14. The summed E-state index contributed by atoms with van der Waals surface area (Å²) >= 11 is 0. The van der Waals surface area contributed by atoms with Crippen LogP contribution < -0.4 is 5.73 Å². The molecule has 0 aromatic rings. The van der Waals surface area contributed by atoms with E-state index in [2.05, 4.69) is 0 Å². The molecule has 0 saturated carbocycles. The number of carbonyl (C=O) groups is 1. The normalized spacial score (nSPS) is 13.1. The highest BCUT2D eigenvalue weighted by atomic mass is 32.3. The van der Waals surface area contributed by atoms with Gasteiger partial charge < -0.3 is 10.8 Å². The lowest BCUT2D eigenvalue weighted by atomic mass is 10.1. The summed E-state index contributed by atoms with van der Waals surface area (Å²) < 4.78 is 31.6. The van der Waals surface area contributed by atoms with Gasteiger partial charge in [-0.05, 0) is 5.92 Å². The fourth-order valence-electron chi connectivity index (χ4n) is 0.285. The van der Waals surface area contributed by atoms with E-state index in [0.717, 1.165) is 0 Å². The first-order valence-electron chi connectivity index (χ1n) is 3.24. The molecule has 0 fully saturated rings. The van der Waals surface area contributed by atoms with Crippen LogP contribution in [0.4, 0.5) is 0 Å². The van der Waals surface area contributed by atoms with E-state index in [1.165, 1.54) is 0 Å². The van der Waals surface area contributed by atoms with Crippen LogP contribution in [-0.2, 0) is 15.2 Å². The van der Waals surface area contributed by atoms with Crippen molar-refractivity contribution in [1.29, 1.82) is 0 Å². The van der Waals surface area contributed by atoms with E-state index in [9.17, 15) is 4.79 Å². The van der Waals surface area contributed by atoms with Gasteiger partial charge in [-0.3, -0.25) is 13.9 Å². The summed E-state index contributed by atoms with van der Waals surface area (Å²) in [5, 5.41) is 8.23. The monoisotopic (exact) mass is 215 g/mol. The molecule has 13 heavy (non-hydrogen) atoms. The van der Waals surface area contributed by atoms with E-state index in [0.29, 0.717) is 0 Å². The van der Waals surface area contributed by atoms with Crippen LogP contribution in [0.1, 0.15) is 13.8 Å². The molecule has 0 aliphatic heterocycles. The van der Waals surface area contributed by atoms with Crippen molar-refractivity contribution in [2.45, 2.75) is 19.9 Å². The average molecular weight is 215 g/mol. The lowest BCUT2D eigenvalue weighted by molar-refractivity contribution is -0.139. The van der Waals surface area contributed by atoms with Gasteiger partial charge in [0.05, 0.1) is 0 Å². The number of carboxylic acids is 1. The number of hydrogen-bond acceptors (Lipinski definition) is 4. The predicted molar refractivity (Wildman–Crippen MR) is 44.6 cm³/mol. The van der Waals surface area contributed by atoms with Crippen LogP contribution in [0, 0.1) is 5.92 Å². The Kier molecular flexibility index (Phi) is 6.68. The fourth-order valence-corrected chi connectivity index (χ4v) is 0.285. The zero-order valence-electron chi connectivity index (χ0n) is 7.21. The molecule has 0 radical (unpaired) electrons. The Bertz CT molecular complexity index is 238. The van der Waals surface area contributed by atoms with Gasteiger partial charge in [0, 0.05) is 0 Å². The summed E-state index contributed by atoms with van der Waals surface area (Å²) in [5.41, 5.74) is 5.16. The van der Waals surface area contributed by atoms with Crippen LogP contribution in [-0.4, -0.2) is 34.6 Å². The molecule has 0 aromatic heterocycles. The van der Waals surface area contributed by atoms with Gasteiger partial charge in [-0.2, -0.15) is 8.42 Å². The maximum absolute atomic E-state index is 10.0. The molecule has 0 heterocycles. The van der Waals surface area contributed by atoms with Gasteiger partial charge in [0.15, 0.2) is 0 Å². The Labute approximate surface area is 76.1 Å². The second-order valence-electron chi connectivity index (χ2n) is 2.56. The van der Waals surface area contributed by atoms with Crippen molar-refractivity contribution in [2.24, 2.45) is 11.7 Å². The van der Waals surface area contributed by atoms with Crippen LogP contribution in [0.15, 0.2) is 0 Å². The SMILES string of the molecule is CC(C)[C@H](N)C(=O)O.O=S(=O)(O)O. The van der Waals surface area contributed by atoms with Gasteiger partial charge in [0.25, 0.3) is 0 Å².